The van der Waals surface area contributed by atoms with E-state index >= 15 is 0 Å². The first-order chi connectivity index (χ1) is 9.45. The molecule has 0 saturated heterocycles. The van der Waals surface area contributed by atoms with E-state index in [2.05, 4.69) is 5.32 Å². The van der Waals surface area contributed by atoms with Crippen molar-refractivity contribution in [3.63, 3.8) is 0 Å². The Morgan fingerprint density at radius 2 is 1.55 bits per heavy atom. The summed E-state index contributed by atoms with van der Waals surface area (Å²) in [5, 5.41) is 3.82. The predicted octanol–water partition coefficient (Wildman–Crippen LogP) is 4.51. The van der Waals surface area contributed by atoms with Crippen LogP contribution in [-0.4, -0.2) is 6.54 Å². The summed E-state index contributed by atoms with van der Waals surface area (Å²) in [7, 11) is 0. The average molecular weight is 317 g/mol. The smallest absolute Gasteiger partial charge is 0.126 e. The molecule has 2 nitrogen and oxygen atoms in total. The van der Waals surface area contributed by atoms with Gasteiger partial charge in [0.2, 0.25) is 0 Å². The summed E-state index contributed by atoms with van der Waals surface area (Å²) in [5.41, 5.74) is 7.45. The van der Waals surface area contributed by atoms with Crippen LogP contribution in [0.4, 0.5) is 20.2 Å². The molecule has 2 aromatic carbocycles. The minimum Gasteiger partial charge on any atom is -0.397 e. The van der Waals surface area contributed by atoms with Crippen LogP contribution in [0.1, 0.15) is 5.56 Å². The second-order valence-electron chi connectivity index (χ2n) is 4.31. The van der Waals surface area contributed by atoms with E-state index in [0.717, 1.165) is 6.07 Å². The minimum absolute atomic E-state index is 0.377. The van der Waals surface area contributed by atoms with Crippen LogP contribution in [0.15, 0.2) is 30.3 Å². The first kappa shape index (κ1) is 14.9. The third kappa shape index (κ3) is 3.74. The van der Waals surface area contributed by atoms with Crippen molar-refractivity contribution in [2.45, 2.75) is 6.42 Å². The summed E-state index contributed by atoms with van der Waals surface area (Å²) in [6, 6.07) is 6.60. The number of hydrogen-bond acceptors (Lipinski definition) is 2. The number of anilines is 2. The molecule has 0 bridgehead atoms. The monoisotopic (exact) mass is 316 g/mol. The number of nitrogen functional groups attached to an aromatic ring is 1. The Labute approximate surface area is 125 Å². The molecule has 20 heavy (non-hydrogen) atoms. The topological polar surface area (TPSA) is 38.0 Å². The fourth-order valence-electron chi connectivity index (χ4n) is 1.81. The van der Waals surface area contributed by atoms with Crippen molar-refractivity contribution in [1.29, 1.82) is 0 Å². The number of halogens is 4. The molecule has 0 radical (unpaired) electrons. The molecule has 3 N–H and O–H groups in total. The molecule has 106 valence electrons. The van der Waals surface area contributed by atoms with Gasteiger partial charge in [-0.05, 0) is 36.2 Å². The van der Waals surface area contributed by atoms with Crippen LogP contribution >= 0.6 is 23.2 Å². The maximum absolute atomic E-state index is 13.0. The van der Waals surface area contributed by atoms with E-state index in [1.54, 1.807) is 12.1 Å². The van der Waals surface area contributed by atoms with Crippen LogP contribution in [0.5, 0.6) is 0 Å². The lowest BCUT2D eigenvalue weighted by atomic mass is 10.1. The van der Waals surface area contributed by atoms with Crippen molar-refractivity contribution in [3.05, 3.63) is 57.6 Å². The van der Waals surface area contributed by atoms with Crippen molar-refractivity contribution >= 4 is 34.6 Å². The van der Waals surface area contributed by atoms with Gasteiger partial charge in [-0.1, -0.05) is 23.2 Å². The minimum atomic E-state index is -0.589. The van der Waals surface area contributed by atoms with Gasteiger partial charge >= 0.3 is 0 Å². The fourth-order valence-corrected chi connectivity index (χ4v) is 2.15. The first-order valence-electron chi connectivity index (χ1n) is 5.89. The molecule has 0 aliphatic carbocycles. The Bertz CT molecular complexity index is 613. The quantitative estimate of drug-likeness (QED) is 0.814. The van der Waals surface area contributed by atoms with Crippen LogP contribution in [-0.2, 0) is 6.42 Å². The largest absolute Gasteiger partial charge is 0.397 e. The molecule has 0 spiro atoms. The van der Waals surface area contributed by atoms with Gasteiger partial charge < -0.3 is 11.1 Å². The fraction of sp³-hybridized carbons (Fsp3) is 0.143. The van der Waals surface area contributed by atoms with Crippen LogP contribution < -0.4 is 11.1 Å². The van der Waals surface area contributed by atoms with Gasteiger partial charge in [0.25, 0.3) is 0 Å². The van der Waals surface area contributed by atoms with E-state index in [4.69, 9.17) is 28.9 Å². The van der Waals surface area contributed by atoms with Gasteiger partial charge in [0.05, 0.1) is 21.4 Å². The van der Waals surface area contributed by atoms with Gasteiger partial charge in [0.1, 0.15) is 11.6 Å². The zero-order valence-electron chi connectivity index (χ0n) is 10.4. The zero-order chi connectivity index (χ0) is 14.7. The highest BCUT2D eigenvalue weighted by Gasteiger charge is 2.05. The number of hydrogen-bond donors (Lipinski definition) is 2. The lowest BCUT2D eigenvalue weighted by Gasteiger charge is -2.11. The summed E-state index contributed by atoms with van der Waals surface area (Å²) < 4.78 is 26.1. The van der Waals surface area contributed by atoms with Crippen molar-refractivity contribution in [2.24, 2.45) is 0 Å². The summed E-state index contributed by atoms with van der Waals surface area (Å²) in [6.07, 6.45) is 0.453. The summed E-state index contributed by atoms with van der Waals surface area (Å²) in [6.45, 7) is 0.463. The van der Waals surface area contributed by atoms with Crippen molar-refractivity contribution < 1.29 is 8.78 Å². The first-order valence-corrected chi connectivity index (χ1v) is 6.64. The molecule has 0 unspecified atom stereocenters. The molecule has 0 aliphatic heterocycles. The molecule has 0 aliphatic rings. The molecule has 2 aromatic rings. The lowest BCUT2D eigenvalue weighted by Crippen LogP contribution is -2.07. The Morgan fingerprint density at radius 1 is 0.950 bits per heavy atom. The van der Waals surface area contributed by atoms with Crippen molar-refractivity contribution in [3.8, 4) is 0 Å². The van der Waals surface area contributed by atoms with Gasteiger partial charge in [-0.3, -0.25) is 0 Å². The highest BCUT2D eigenvalue weighted by Crippen LogP contribution is 2.30. The normalized spacial score (nSPS) is 10.6. The van der Waals surface area contributed by atoms with Gasteiger partial charge in [-0.2, -0.15) is 0 Å². The number of nitrogens with one attached hydrogen (secondary N) is 1. The molecule has 0 atom stereocenters. The van der Waals surface area contributed by atoms with E-state index in [1.165, 1.54) is 12.1 Å². The molecule has 0 amide bonds. The highest BCUT2D eigenvalue weighted by molar-refractivity contribution is 6.42. The Morgan fingerprint density at radius 3 is 2.20 bits per heavy atom. The van der Waals surface area contributed by atoms with Gasteiger partial charge in [0.15, 0.2) is 0 Å². The van der Waals surface area contributed by atoms with Crippen LogP contribution in [0.25, 0.3) is 0 Å². The molecule has 0 saturated carbocycles. The van der Waals surface area contributed by atoms with E-state index in [9.17, 15) is 8.78 Å². The Hall–Kier alpha value is -1.52. The van der Waals surface area contributed by atoms with Crippen molar-refractivity contribution in [1.82, 2.24) is 0 Å². The second kappa shape index (κ2) is 6.29. The number of nitrogens with two attached hydrogens (primary N) is 1. The third-order valence-corrected chi connectivity index (χ3v) is 3.47. The molecular weight excluding hydrogens is 305 g/mol. The maximum Gasteiger partial charge on any atom is 0.126 e. The Balaban J connectivity index is 2.01. The van der Waals surface area contributed by atoms with E-state index < -0.39 is 11.6 Å². The van der Waals surface area contributed by atoms with Crippen LogP contribution in [0.2, 0.25) is 10.0 Å². The molecule has 2 rings (SSSR count). The van der Waals surface area contributed by atoms with E-state index in [1.807, 2.05) is 0 Å². The van der Waals surface area contributed by atoms with E-state index in [-0.39, 0.29) is 0 Å². The second-order valence-corrected chi connectivity index (χ2v) is 5.12. The number of rotatable bonds is 4. The number of benzene rings is 2. The summed E-state index contributed by atoms with van der Waals surface area (Å²) >= 11 is 11.7. The maximum atomic E-state index is 13.0. The van der Waals surface area contributed by atoms with Gasteiger partial charge in [-0.25, -0.2) is 8.78 Å². The van der Waals surface area contributed by atoms with E-state index in [0.29, 0.717) is 39.9 Å². The SMILES string of the molecule is Nc1cc(Cl)c(Cl)cc1NCCc1cc(F)cc(F)c1. The lowest BCUT2D eigenvalue weighted by molar-refractivity contribution is 0.580. The summed E-state index contributed by atoms with van der Waals surface area (Å²) in [4.78, 5) is 0. The standard InChI is InChI=1S/C14H12Cl2F2N2/c15-11-6-13(19)14(7-12(11)16)20-2-1-8-3-9(17)5-10(18)4-8/h3-7,20H,1-2,19H2. The molecule has 0 fully saturated rings. The molecular formula is C14H12Cl2F2N2. The van der Waals surface area contributed by atoms with Gasteiger partial charge in [-0.15, -0.1) is 0 Å². The van der Waals surface area contributed by atoms with Gasteiger partial charge in [0, 0.05) is 12.6 Å². The highest BCUT2D eigenvalue weighted by atomic mass is 35.5. The zero-order valence-corrected chi connectivity index (χ0v) is 11.9. The van der Waals surface area contributed by atoms with Crippen molar-refractivity contribution in [2.75, 3.05) is 17.6 Å². The third-order valence-electron chi connectivity index (χ3n) is 2.74. The summed E-state index contributed by atoms with van der Waals surface area (Å²) in [5.74, 6) is -1.18. The van der Waals surface area contributed by atoms with Crippen LogP contribution in [0, 0.1) is 11.6 Å². The molecule has 6 heteroatoms. The molecule has 0 heterocycles. The Kier molecular flexibility index (Phi) is 4.68. The van der Waals surface area contributed by atoms with Crippen LogP contribution in [0.3, 0.4) is 0 Å². The molecule has 0 aromatic heterocycles. The predicted molar refractivity (Wildman–Crippen MR) is 79.4 cm³/mol. The average Bonchev–Trinajstić information content (AvgIpc) is 2.34.